The first kappa shape index (κ1) is 40.8. The Morgan fingerprint density at radius 2 is 1.62 bits per heavy atom. The Labute approximate surface area is 285 Å². The van der Waals surface area contributed by atoms with Gasteiger partial charge in [0.2, 0.25) is 11.8 Å². The number of phosphoric ester groups is 2. The summed E-state index contributed by atoms with van der Waals surface area (Å²) in [6, 6.07) is 0.923. The van der Waals surface area contributed by atoms with Crippen LogP contribution in [-0.4, -0.2) is 162 Å². The molecule has 0 bridgehead atoms. The van der Waals surface area contributed by atoms with Crippen molar-refractivity contribution < 1.29 is 86.3 Å². The zero-order valence-corrected chi connectivity index (χ0v) is 28.6. The van der Waals surface area contributed by atoms with Gasteiger partial charge in [0.1, 0.15) is 36.6 Å². The van der Waals surface area contributed by atoms with E-state index in [9.17, 15) is 63.6 Å². The SMILES string of the molecule is COCCOCCN1C(=O)CC(SCC2OC(OP(=O)(O)OP(=O)(O)OC[C@H]3O[C@@H](n4ccc(=O)[nH]c4=O)C(O)[C@H]3O)C(O)[C@@H](O)[C@H]2O)C1=O. The quantitative estimate of drug-likeness (QED) is 0.0421. The highest BCUT2D eigenvalue weighted by molar-refractivity contribution is 8.00. The van der Waals surface area contributed by atoms with Crippen LogP contribution in [0.15, 0.2) is 21.9 Å². The van der Waals surface area contributed by atoms with Crippen LogP contribution in [0, 0.1) is 0 Å². The molecule has 26 heteroatoms. The topological polar surface area (TPSA) is 333 Å². The van der Waals surface area contributed by atoms with Crippen LogP contribution in [0.4, 0.5) is 0 Å². The maximum absolute atomic E-state index is 12.7. The smallest absolute Gasteiger partial charge is 0.388 e. The van der Waals surface area contributed by atoms with Crippen LogP contribution in [0.1, 0.15) is 12.6 Å². The highest BCUT2D eigenvalue weighted by Crippen LogP contribution is 2.61. The molecule has 3 saturated heterocycles. The lowest BCUT2D eigenvalue weighted by atomic mass is 10.0. The standard InChI is InChI=1S/C24H37N3O20P2S/c1-41-6-7-42-5-4-26-15(29)8-13(21(26)35)50-10-12-17(31)18(32)20(34)23(45-12)46-49(39,40)47-48(37,38)43-9-11-16(30)19(33)22(44-11)27-3-2-14(28)25-24(27)36/h2-3,11-13,16-20,22-23,30-34H,4-10H2,1H3,(H,37,38)(H,39,40)(H,25,28,36)/t11-,12?,13?,16+,17+,18+,19?,20?,22-,23?/m1/s1. The van der Waals surface area contributed by atoms with Gasteiger partial charge in [-0.2, -0.15) is 4.31 Å². The van der Waals surface area contributed by atoms with Crippen LogP contribution in [0.3, 0.4) is 0 Å². The van der Waals surface area contributed by atoms with Gasteiger partial charge in [-0.3, -0.25) is 37.9 Å². The number of aliphatic hydroxyl groups excluding tert-OH is 5. The van der Waals surface area contributed by atoms with Crippen molar-refractivity contribution in [2.75, 3.05) is 45.8 Å². The molecule has 3 aliphatic rings. The van der Waals surface area contributed by atoms with Gasteiger partial charge in [0.25, 0.3) is 5.56 Å². The fourth-order valence-corrected chi connectivity index (χ4v) is 8.35. The molecule has 0 spiro atoms. The summed E-state index contributed by atoms with van der Waals surface area (Å²) in [5, 5.41) is 50.7. The highest BCUT2D eigenvalue weighted by Gasteiger charge is 2.50. The molecule has 7 unspecified atom stereocenters. The number of hydrogen-bond acceptors (Lipinski definition) is 19. The van der Waals surface area contributed by atoms with Gasteiger partial charge < -0.3 is 54.3 Å². The predicted octanol–water partition coefficient (Wildman–Crippen LogP) is -4.26. The van der Waals surface area contributed by atoms with E-state index in [2.05, 4.69) is 13.4 Å². The molecule has 1 aromatic heterocycles. The minimum absolute atomic E-state index is 0.0130. The lowest BCUT2D eigenvalue weighted by Gasteiger charge is -2.40. The van der Waals surface area contributed by atoms with Crippen molar-refractivity contribution in [2.24, 2.45) is 0 Å². The summed E-state index contributed by atoms with van der Waals surface area (Å²) in [5.41, 5.74) is -1.78. The van der Waals surface area contributed by atoms with Crippen LogP contribution in [-0.2, 0) is 51.0 Å². The zero-order chi connectivity index (χ0) is 37.0. The summed E-state index contributed by atoms with van der Waals surface area (Å²) in [5.74, 6) is -1.33. The first-order chi connectivity index (χ1) is 23.4. The number of methoxy groups -OCH3 is 1. The van der Waals surface area contributed by atoms with Crippen LogP contribution in [0.5, 0.6) is 0 Å². The van der Waals surface area contributed by atoms with Gasteiger partial charge in [-0.1, -0.05) is 0 Å². The van der Waals surface area contributed by atoms with Gasteiger partial charge in [-0.15, -0.1) is 11.8 Å². The van der Waals surface area contributed by atoms with E-state index in [0.29, 0.717) is 6.61 Å². The average Bonchev–Trinajstić information content (AvgIpc) is 3.47. The second-order valence-corrected chi connectivity index (χ2v) is 15.2. The lowest BCUT2D eigenvalue weighted by Crippen LogP contribution is -2.58. The Morgan fingerprint density at radius 3 is 2.30 bits per heavy atom. The first-order valence-electron chi connectivity index (χ1n) is 14.7. The number of imide groups is 1. The van der Waals surface area contributed by atoms with Crippen molar-refractivity contribution in [3.63, 3.8) is 0 Å². The molecule has 0 saturated carbocycles. The Morgan fingerprint density at radius 1 is 0.920 bits per heavy atom. The van der Waals surface area contributed by atoms with Crippen molar-refractivity contribution in [2.45, 2.75) is 66.9 Å². The summed E-state index contributed by atoms with van der Waals surface area (Å²) >= 11 is 0.851. The van der Waals surface area contributed by atoms with E-state index >= 15 is 0 Å². The summed E-state index contributed by atoms with van der Waals surface area (Å²) in [7, 11) is -9.81. The molecule has 23 nitrogen and oxygen atoms in total. The third-order valence-corrected chi connectivity index (χ3v) is 11.4. The number of H-pyrrole nitrogens is 1. The van der Waals surface area contributed by atoms with E-state index in [1.54, 1.807) is 0 Å². The Bertz CT molecular complexity index is 1560. The molecule has 1 aromatic rings. The molecule has 8 N–H and O–H groups in total. The van der Waals surface area contributed by atoms with E-state index < -0.39 is 106 Å². The second kappa shape index (κ2) is 17.3. The number of ether oxygens (including phenoxy) is 4. The van der Waals surface area contributed by atoms with Gasteiger partial charge in [-0.05, 0) is 0 Å². The number of hydrogen-bond donors (Lipinski definition) is 8. The maximum Gasteiger partial charge on any atom is 0.483 e. The summed E-state index contributed by atoms with van der Waals surface area (Å²) in [6.07, 6.45) is -15.8. The normalized spacial score (nSPS) is 34.2. The third kappa shape index (κ3) is 10.1. The van der Waals surface area contributed by atoms with Gasteiger partial charge in [0.05, 0.1) is 44.3 Å². The van der Waals surface area contributed by atoms with Gasteiger partial charge in [0.15, 0.2) is 12.5 Å². The van der Waals surface area contributed by atoms with E-state index in [0.717, 1.165) is 33.5 Å². The minimum atomic E-state index is -5.72. The Hall–Kier alpha value is -1.93. The van der Waals surface area contributed by atoms with E-state index in [1.165, 1.54) is 7.11 Å². The molecule has 0 aromatic carbocycles. The van der Waals surface area contributed by atoms with Crippen LogP contribution in [0.2, 0.25) is 0 Å². The number of aromatic nitrogens is 2. The van der Waals surface area contributed by atoms with Crippen molar-refractivity contribution in [3.05, 3.63) is 33.1 Å². The average molecular weight is 782 g/mol. The number of carbonyl (C=O) groups is 2. The number of thioether (sulfide) groups is 1. The Kier molecular flexibility index (Phi) is 14.1. The van der Waals surface area contributed by atoms with Crippen LogP contribution >= 0.6 is 27.4 Å². The molecule has 2 amide bonds. The fraction of sp³-hybridized carbons (Fsp3) is 0.750. The molecule has 3 fully saturated rings. The number of likely N-dealkylation sites (tertiary alicyclic amines) is 1. The monoisotopic (exact) mass is 781 g/mol. The number of amides is 2. The lowest BCUT2D eigenvalue weighted by molar-refractivity contribution is -0.270. The van der Waals surface area contributed by atoms with Crippen LogP contribution in [0.25, 0.3) is 0 Å². The molecule has 0 aliphatic carbocycles. The summed E-state index contributed by atoms with van der Waals surface area (Å²) in [4.78, 5) is 71.6. The zero-order valence-electron chi connectivity index (χ0n) is 26.0. The number of aliphatic hydroxyl groups is 5. The molecule has 12 atom stereocenters. The number of rotatable bonds is 17. The molecule has 3 aliphatic heterocycles. The molecule has 4 heterocycles. The van der Waals surface area contributed by atoms with Crippen LogP contribution < -0.4 is 11.2 Å². The largest absolute Gasteiger partial charge is 0.483 e. The molecule has 0 radical (unpaired) electrons. The number of nitrogens with one attached hydrogen (secondary N) is 1. The third-order valence-electron chi connectivity index (χ3n) is 7.53. The maximum atomic E-state index is 12.7. The van der Waals surface area contributed by atoms with Gasteiger partial charge in [0, 0.05) is 31.5 Å². The molecular formula is C24H37N3O20P2S. The summed E-state index contributed by atoms with van der Waals surface area (Å²) < 4.78 is 60.1. The van der Waals surface area contributed by atoms with E-state index in [-0.39, 0.29) is 31.9 Å². The highest BCUT2D eigenvalue weighted by atomic mass is 32.2. The minimum Gasteiger partial charge on any atom is -0.388 e. The van der Waals surface area contributed by atoms with Crippen molar-refractivity contribution in [1.82, 2.24) is 14.5 Å². The van der Waals surface area contributed by atoms with E-state index in [1.807, 2.05) is 4.98 Å². The number of carbonyl (C=O) groups excluding carboxylic acids is 2. The van der Waals surface area contributed by atoms with Gasteiger partial charge in [-0.25, -0.2) is 13.9 Å². The van der Waals surface area contributed by atoms with Crippen molar-refractivity contribution in [3.8, 4) is 0 Å². The fourth-order valence-electron chi connectivity index (χ4n) is 4.97. The summed E-state index contributed by atoms with van der Waals surface area (Å²) in [6.45, 7) is -0.430. The molecule has 50 heavy (non-hydrogen) atoms. The predicted molar refractivity (Wildman–Crippen MR) is 162 cm³/mol. The van der Waals surface area contributed by atoms with Gasteiger partial charge >= 0.3 is 21.3 Å². The Balaban J connectivity index is 1.30. The van der Waals surface area contributed by atoms with Crippen molar-refractivity contribution in [1.29, 1.82) is 0 Å². The number of aromatic amines is 1. The second-order valence-electron chi connectivity index (χ2n) is 11.0. The van der Waals surface area contributed by atoms with E-state index in [4.69, 9.17) is 18.9 Å². The molecular weight excluding hydrogens is 744 g/mol. The number of phosphoric acid groups is 2. The number of nitrogens with zero attached hydrogens (tertiary/aromatic N) is 2. The molecule has 284 valence electrons. The first-order valence-corrected chi connectivity index (χ1v) is 18.7. The van der Waals surface area contributed by atoms with Crippen molar-refractivity contribution >= 4 is 39.2 Å². The molecule has 4 rings (SSSR count).